The van der Waals surface area contributed by atoms with Crippen LogP contribution in [0, 0.1) is 5.82 Å². The van der Waals surface area contributed by atoms with Gasteiger partial charge in [-0.05, 0) is 31.2 Å². The number of halogens is 2. The van der Waals surface area contributed by atoms with Gasteiger partial charge in [-0.1, -0.05) is 11.6 Å². The van der Waals surface area contributed by atoms with Gasteiger partial charge in [0.05, 0.1) is 22.6 Å². The van der Waals surface area contributed by atoms with E-state index in [2.05, 4.69) is 30.9 Å². The molecule has 3 aromatic rings. The molecule has 0 radical (unpaired) electrons. The Hall–Kier alpha value is -3.08. The number of fused-ring (bicyclic) bond motifs is 1. The molecule has 0 bridgehead atoms. The molecular weight excluding hydrogens is 439 g/mol. The maximum atomic E-state index is 13.3. The van der Waals surface area contributed by atoms with Crippen molar-refractivity contribution in [2.24, 2.45) is 0 Å². The van der Waals surface area contributed by atoms with Crippen molar-refractivity contribution in [2.75, 3.05) is 19.6 Å². The zero-order chi connectivity index (χ0) is 22.5. The molecule has 4 N–H and O–H groups in total. The summed E-state index contributed by atoms with van der Waals surface area (Å²) in [7, 11) is 0. The number of amides is 1. The minimum absolute atomic E-state index is 0.0489. The monoisotopic (exact) mass is 460 g/mol. The van der Waals surface area contributed by atoms with Crippen LogP contribution in [0.3, 0.4) is 0 Å². The van der Waals surface area contributed by atoms with Crippen LogP contribution < -0.4 is 26.2 Å². The highest BCUT2D eigenvalue weighted by Gasteiger charge is 2.16. The molecule has 1 atom stereocenters. The summed E-state index contributed by atoms with van der Waals surface area (Å²) in [6.07, 6.45) is 2.44. The molecule has 0 unspecified atom stereocenters. The minimum Gasteiger partial charge on any atom is -0.486 e. The van der Waals surface area contributed by atoms with Crippen molar-refractivity contribution in [3.63, 3.8) is 0 Å². The first-order valence-electron chi connectivity index (χ1n) is 10.1. The van der Waals surface area contributed by atoms with E-state index in [9.17, 15) is 14.0 Å². The zero-order valence-electron chi connectivity index (χ0n) is 17.1. The summed E-state index contributed by atoms with van der Waals surface area (Å²) >= 11 is 5.76. The summed E-state index contributed by atoms with van der Waals surface area (Å²) in [6.45, 7) is 2.01. The maximum absolute atomic E-state index is 13.3. The van der Waals surface area contributed by atoms with Gasteiger partial charge in [0, 0.05) is 31.4 Å². The van der Waals surface area contributed by atoms with Crippen molar-refractivity contribution in [3.8, 4) is 5.75 Å². The lowest BCUT2D eigenvalue weighted by atomic mass is 10.2. The highest BCUT2D eigenvalue weighted by atomic mass is 35.5. The fourth-order valence-electron chi connectivity index (χ4n) is 3.43. The molecule has 3 heterocycles. The van der Waals surface area contributed by atoms with Gasteiger partial charge < -0.3 is 25.7 Å². The van der Waals surface area contributed by atoms with Crippen LogP contribution in [0.2, 0.25) is 5.02 Å². The average molecular weight is 461 g/mol. The van der Waals surface area contributed by atoms with Crippen LogP contribution in [-0.4, -0.2) is 46.5 Å². The van der Waals surface area contributed by atoms with Crippen molar-refractivity contribution in [3.05, 3.63) is 63.2 Å². The van der Waals surface area contributed by atoms with E-state index in [-0.39, 0.29) is 48.1 Å². The molecule has 1 saturated heterocycles. The Morgan fingerprint density at radius 3 is 3.00 bits per heavy atom. The molecule has 32 heavy (non-hydrogen) atoms. The Kier molecular flexibility index (Phi) is 6.93. The Morgan fingerprint density at radius 2 is 2.22 bits per heavy atom. The number of H-pyrrole nitrogens is 1. The standard InChI is InChI=1S/C21H22ClFN6O3/c22-15-7-13(1-2-16(15)23)32-11-18-28-20-14(21(31)29-18)4-6-26-17(20)9-25-10-19(30)27-12-3-5-24-8-12/h1-2,4,6-7,12,24-25H,3,5,8-11H2,(H,27,30)(H,28,29,31)/t12-/m1/s1. The Morgan fingerprint density at radius 1 is 1.34 bits per heavy atom. The number of aromatic nitrogens is 3. The van der Waals surface area contributed by atoms with E-state index in [1.54, 1.807) is 6.07 Å². The zero-order valence-corrected chi connectivity index (χ0v) is 17.8. The molecule has 0 spiro atoms. The molecular formula is C21H22ClFN6O3. The first-order valence-corrected chi connectivity index (χ1v) is 10.5. The van der Waals surface area contributed by atoms with E-state index in [0.29, 0.717) is 22.3 Å². The van der Waals surface area contributed by atoms with Gasteiger partial charge in [0.1, 0.15) is 29.5 Å². The van der Waals surface area contributed by atoms with Gasteiger partial charge in [0.15, 0.2) is 0 Å². The largest absolute Gasteiger partial charge is 0.486 e. The SMILES string of the molecule is O=C(CNCc1nccc2c(=O)[nH]c(COc3ccc(F)c(Cl)c3)nc12)N[C@@H]1CCNC1. The van der Waals surface area contributed by atoms with Gasteiger partial charge in [0.2, 0.25) is 5.91 Å². The third-order valence-electron chi connectivity index (χ3n) is 5.02. The van der Waals surface area contributed by atoms with Gasteiger partial charge in [-0.2, -0.15) is 0 Å². The van der Waals surface area contributed by atoms with Gasteiger partial charge in [0.25, 0.3) is 5.56 Å². The van der Waals surface area contributed by atoms with Crippen molar-refractivity contribution < 1.29 is 13.9 Å². The van der Waals surface area contributed by atoms with E-state index < -0.39 is 5.82 Å². The quantitative estimate of drug-likeness (QED) is 0.399. The molecule has 168 valence electrons. The molecule has 1 aliphatic heterocycles. The third-order valence-corrected chi connectivity index (χ3v) is 5.31. The molecule has 0 aliphatic carbocycles. The van der Waals surface area contributed by atoms with Gasteiger partial charge in [-0.25, -0.2) is 9.37 Å². The smallest absolute Gasteiger partial charge is 0.258 e. The number of rotatable bonds is 8. The number of nitrogens with one attached hydrogen (secondary N) is 4. The number of pyridine rings is 1. The number of aromatic amines is 1. The molecule has 1 aliphatic rings. The maximum Gasteiger partial charge on any atom is 0.258 e. The summed E-state index contributed by atoms with van der Waals surface area (Å²) in [5.41, 5.74) is 0.621. The van der Waals surface area contributed by atoms with E-state index >= 15 is 0 Å². The van der Waals surface area contributed by atoms with Crippen molar-refractivity contribution >= 4 is 28.4 Å². The molecule has 9 nitrogen and oxygen atoms in total. The molecule has 1 amide bonds. The average Bonchev–Trinajstić information content (AvgIpc) is 3.28. The Balaban J connectivity index is 1.43. The third kappa shape index (κ3) is 5.39. The topological polar surface area (TPSA) is 121 Å². The van der Waals surface area contributed by atoms with Crippen LogP contribution in [0.4, 0.5) is 4.39 Å². The summed E-state index contributed by atoms with van der Waals surface area (Å²) in [6, 6.07) is 5.71. The highest BCUT2D eigenvalue weighted by molar-refractivity contribution is 6.30. The van der Waals surface area contributed by atoms with E-state index in [1.165, 1.54) is 24.4 Å². The van der Waals surface area contributed by atoms with E-state index in [0.717, 1.165) is 19.5 Å². The van der Waals surface area contributed by atoms with Crippen LogP contribution in [-0.2, 0) is 17.9 Å². The Labute approximate surface area is 187 Å². The fraction of sp³-hybridized carbons (Fsp3) is 0.333. The first kappa shape index (κ1) is 22.1. The van der Waals surface area contributed by atoms with E-state index in [4.69, 9.17) is 16.3 Å². The van der Waals surface area contributed by atoms with Gasteiger partial charge >= 0.3 is 0 Å². The second-order valence-electron chi connectivity index (χ2n) is 7.39. The number of carbonyl (C=O) groups excluding carboxylic acids is 1. The van der Waals surface area contributed by atoms with Crippen molar-refractivity contribution in [1.29, 1.82) is 0 Å². The van der Waals surface area contributed by atoms with Gasteiger partial charge in [-0.15, -0.1) is 0 Å². The van der Waals surface area contributed by atoms with Gasteiger partial charge in [-0.3, -0.25) is 14.6 Å². The summed E-state index contributed by atoms with van der Waals surface area (Å²) in [4.78, 5) is 36.0. The molecule has 4 rings (SSSR count). The number of carbonyl (C=O) groups is 1. The molecule has 2 aromatic heterocycles. The van der Waals surface area contributed by atoms with Crippen molar-refractivity contribution in [2.45, 2.75) is 25.6 Å². The van der Waals surface area contributed by atoms with Crippen LogP contribution in [0.25, 0.3) is 10.9 Å². The summed E-state index contributed by atoms with van der Waals surface area (Å²) < 4.78 is 18.9. The second kappa shape index (κ2) is 10.0. The lowest BCUT2D eigenvalue weighted by Gasteiger charge is -2.12. The molecule has 1 fully saturated rings. The van der Waals surface area contributed by atoms with Crippen LogP contribution in [0.15, 0.2) is 35.3 Å². The lowest BCUT2D eigenvalue weighted by molar-refractivity contribution is -0.120. The van der Waals surface area contributed by atoms with Crippen LogP contribution >= 0.6 is 11.6 Å². The summed E-state index contributed by atoms with van der Waals surface area (Å²) in [5.74, 6) is -0.0239. The summed E-state index contributed by atoms with van der Waals surface area (Å²) in [5, 5.41) is 9.52. The number of nitrogens with zero attached hydrogens (tertiary/aromatic N) is 2. The highest BCUT2D eigenvalue weighted by Crippen LogP contribution is 2.21. The lowest BCUT2D eigenvalue weighted by Crippen LogP contribution is -2.41. The number of hydrogen-bond donors (Lipinski definition) is 4. The second-order valence-corrected chi connectivity index (χ2v) is 7.80. The minimum atomic E-state index is -0.548. The number of ether oxygens (including phenoxy) is 1. The number of hydrogen-bond acceptors (Lipinski definition) is 7. The molecule has 0 saturated carbocycles. The molecule has 11 heteroatoms. The van der Waals surface area contributed by atoms with Crippen LogP contribution in [0.5, 0.6) is 5.75 Å². The predicted octanol–water partition coefficient (Wildman–Crippen LogP) is 1.26. The normalized spacial score (nSPS) is 15.8. The van der Waals surface area contributed by atoms with Crippen LogP contribution in [0.1, 0.15) is 17.9 Å². The van der Waals surface area contributed by atoms with Crippen molar-refractivity contribution in [1.82, 2.24) is 30.9 Å². The fourth-order valence-corrected chi connectivity index (χ4v) is 3.60. The Bertz CT molecular complexity index is 1180. The van der Waals surface area contributed by atoms with E-state index in [1.807, 2.05) is 0 Å². The molecule has 1 aromatic carbocycles. The predicted molar refractivity (Wildman–Crippen MR) is 117 cm³/mol. The number of benzene rings is 1. The first-order chi connectivity index (χ1) is 15.5.